The molecule has 0 atom stereocenters. The van der Waals surface area contributed by atoms with Crippen LogP contribution in [-0.2, 0) is 40.1 Å². The zero-order chi connectivity index (χ0) is 35.5. The van der Waals surface area contributed by atoms with Gasteiger partial charge in [-0.15, -0.1) is 0 Å². The average molecular weight is 699 g/mol. The minimum absolute atomic E-state index is 0.253. The molecule has 0 spiro atoms. The number of esters is 2. The van der Waals surface area contributed by atoms with Gasteiger partial charge in [0.15, 0.2) is 27.9 Å². The van der Waals surface area contributed by atoms with Gasteiger partial charge in [-0.1, -0.05) is 36.4 Å². The van der Waals surface area contributed by atoms with Gasteiger partial charge < -0.3 is 23.5 Å². The summed E-state index contributed by atoms with van der Waals surface area (Å²) >= 11 is 0. The van der Waals surface area contributed by atoms with Gasteiger partial charge in [0.25, 0.3) is 0 Å². The molecule has 0 fully saturated rings. The van der Waals surface area contributed by atoms with Crippen molar-refractivity contribution >= 4 is 33.0 Å². The smallest absolute Gasteiger partial charge is 0.344 e. The van der Waals surface area contributed by atoms with Crippen molar-refractivity contribution in [2.24, 2.45) is 0 Å². The molecule has 0 heterocycles. The Labute approximate surface area is 284 Å². The minimum Gasteiger partial charge on any atom is -0.744 e. The van der Waals surface area contributed by atoms with E-state index in [-0.39, 0.29) is 13.2 Å². The Bertz CT molecular complexity index is 1660. The third-order valence-corrected chi connectivity index (χ3v) is 8.75. The lowest BCUT2D eigenvalue weighted by Gasteiger charge is -2.20. The molecule has 0 radical (unpaired) electrons. The Hall–Kier alpha value is -4.39. The van der Waals surface area contributed by atoms with Gasteiger partial charge >= 0.3 is 11.9 Å². The van der Waals surface area contributed by atoms with Gasteiger partial charge in [-0.25, -0.2) is 22.4 Å². The van der Waals surface area contributed by atoms with E-state index in [1.807, 2.05) is 48.5 Å². The zero-order valence-electron chi connectivity index (χ0n) is 27.6. The molecule has 0 saturated heterocycles. The van der Waals surface area contributed by atoms with Gasteiger partial charge in [-0.05, 0) is 90.1 Å². The van der Waals surface area contributed by atoms with Crippen LogP contribution in [0.5, 0.6) is 11.5 Å². The second kappa shape index (κ2) is 16.6. The number of carbonyl (C=O) groups is 2. The van der Waals surface area contributed by atoms with Crippen molar-refractivity contribution in [2.45, 2.75) is 72.3 Å². The zero-order valence-corrected chi connectivity index (χ0v) is 29.2. The van der Waals surface area contributed by atoms with Crippen LogP contribution in [0, 0.1) is 5.82 Å². The Kier molecular flexibility index (Phi) is 13.2. The van der Waals surface area contributed by atoms with E-state index in [1.165, 1.54) is 0 Å². The molecule has 0 N–H and O–H groups in total. The van der Waals surface area contributed by atoms with E-state index in [4.69, 9.17) is 18.9 Å². The molecule has 12 heteroatoms. The van der Waals surface area contributed by atoms with Gasteiger partial charge in [-0.2, -0.15) is 0 Å². The van der Waals surface area contributed by atoms with Crippen molar-refractivity contribution in [1.29, 1.82) is 0 Å². The number of hydrogen-bond acceptors (Lipinski definition) is 9. The van der Waals surface area contributed by atoms with Crippen LogP contribution in [0.15, 0.2) is 123 Å². The van der Waals surface area contributed by atoms with Crippen molar-refractivity contribution in [1.82, 2.24) is 0 Å². The fourth-order valence-electron chi connectivity index (χ4n) is 3.98. The second-order valence-electron chi connectivity index (χ2n) is 12.2. The summed E-state index contributed by atoms with van der Waals surface area (Å²) in [5.41, 5.74) is -1.23. The molecular weight excluding hydrogens is 660 g/mol. The summed E-state index contributed by atoms with van der Waals surface area (Å²) in [6.45, 7) is 10.3. The number of ether oxygens (including phenoxy) is 4. The first-order chi connectivity index (χ1) is 22.4. The quantitative estimate of drug-likeness (QED) is 0.0982. The monoisotopic (exact) mass is 698 g/mol. The van der Waals surface area contributed by atoms with Crippen LogP contribution in [0.1, 0.15) is 41.5 Å². The standard InChI is InChI=1S/C30H35O6S.C6H5FO3S/c1-29(2,3)35-27(31)20-33-22-17-23(34-21-28(32)36-30(4,5)6)19-26(18-22)37(24-13-9-7-10-14-24)25-15-11-8-12-16-25;7-5-1-3-6(4-2-5)11(8,9)10/h7-19H,20-21H2,1-6H3;1-4H,(H,8,9,10)/q+1;/p-1. The summed E-state index contributed by atoms with van der Waals surface area (Å²) in [6.07, 6.45) is 0. The van der Waals surface area contributed by atoms with Crippen LogP contribution in [0.4, 0.5) is 4.39 Å². The molecule has 256 valence electrons. The van der Waals surface area contributed by atoms with Gasteiger partial charge in [0.1, 0.15) is 38.6 Å². The molecule has 0 unspecified atom stereocenters. The highest BCUT2D eigenvalue weighted by atomic mass is 32.2. The number of halogens is 1. The highest BCUT2D eigenvalue weighted by molar-refractivity contribution is 7.97. The lowest BCUT2D eigenvalue weighted by atomic mass is 10.2. The number of hydrogen-bond donors (Lipinski definition) is 0. The molecule has 0 aliphatic carbocycles. The van der Waals surface area contributed by atoms with Gasteiger partial charge in [0, 0.05) is 18.2 Å². The van der Waals surface area contributed by atoms with Crippen LogP contribution in [0.3, 0.4) is 0 Å². The first kappa shape index (κ1) is 38.1. The minimum atomic E-state index is -4.44. The summed E-state index contributed by atoms with van der Waals surface area (Å²) < 4.78 is 65.4. The first-order valence-electron chi connectivity index (χ1n) is 14.8. The maximum atomic E-state index is 12.3. The Morgan fingerprint density at radius 2 is 1.04 bits per heavy atom. The molecule has 0 saturated carbocycles. The van der Waals surface area contributed by atoms with Crippen LogP contribution in [0.2, 0.25) is 0 Å². The summed E-state index contributed by atoms with van der Waals surface area (Å²) in [6, 6.07) is 29.4. The Morgan fingerprint density at radius 1 is 0.646 bits per heavy atom. The SMILES string of the molecule is CC(C)(C)OC(=O)COc1cc(OCC(=O)OC(C)(C)C)cc([S+](c2ccccc2)c2ccccc2)c1.O=S(=O)([O-])c1ccc(F)cc1. The molecule has 48 heavy (non-hydrogen) atoms. The average Bonchev–Trinajstić information content (AvgIpc) is 2.99. The summed E-state index contributed by atoms with van der Waals surface area (Å²) in [7, 11) is -4.92. The molecule has 0 aliphatic heterocycles. The van der Waals surface area contributed by atoms with E-state index < -0.39 is 54.9 Å². The summed E-state index contributed by atoms with van der Waals surface area (Å²) in [4.78, 5) is 27.3. The van der Waals surface area contributed by atoms with E-state index in [0.29, 0.717) is 11.5 Å². The third kappa shape index (κ3) is 13.4. The van der Waals surface area contributed by atoms with Crippen LogP contribution in [-0.4, -0.2) is 49.3 Å². The Morgan fingerprint density at radius 3 is 1.40 bits per heavy atom. The number of carbonyl (C=O) groups excluding carboxylic acids is 2. The van der Waals surface area contributed by atoms with Crippen molar-refractivity contribution in [3.63, 3.8) is 0 Å². The second-order valence-corrected chi connectivity index (χ2v) is 15.6. The molecule has 0 aliphatic rings. The topological polar surface area (TPSA) is 128 Å². The molecule has 0 aromatic heterocycles. The highest BCUT2D eigenvalue weighted by Gasteiger charge is 2.30. The van der Waals surface area contributed by atoms with Crippen LogP contribution >= 0.6 is 0 Å². The van der Waals surface area contributed by atoms with Gasteiger partial charge in [0.2, 0.25) is 0 Å². The summed E-state index contributed by atoms with van der Waals surface area (Å²) in [5.74, 6) is -0.644. The molecule has 4 aromatic rings. The van der Waals surface area contributed by atoms with Crippen molar-refractivity contribution in [3.8, 4) is 11.5 Å². The fourth-order valence-corrected chi connectivity index (χ4v) is 6.59. The molecular formula is C36H39FO9S2. The molecule has 0 bridgehead atoms. The normalized spacial score (nSPS) is 11.6. The molecule has 0 amide bonds. The predicted molar refractivity (Wildman–Crippen MR) is 179 cm³/mol. The van der Waals surface area contributed by atoms with Crippen LogP contribution < -0.4 is 9.47 Å². The molecule has 4 rings (SSSR count). The van der Waals surface area contributed by atoms with Crippen molar-refractivity contribution in [3.05, 3.63) is 109 Å². The molecule has 4 aromatic carbocycles. The number of rotatable bonds is 10. The van der Waals surface area contributed by atoms with Crippen LogP contribution in [0.25, 0.3) is 0 Å². The Balaban J connectivity index is 0.000000480. The van der Waals surface area contributed by atoms with E-state index in [2.05, 4.69) is 24.3 Å². The highest BCUT2D eigenvalue weighted by Crippen LogP contribution is 2.36. The van der Waals surface area contributed by atoms with Crippen molar-refractivity contribution < 1.29 is 45.9 Å². The number of benzene rings is 4. The first-order valence-corrected chi connectivity index (χ1v) is 17.4. The van der Waals surface area contributed by atoms with Crippen molar-refractivity contribution in [2.75, 3.05) is 13.2 Å². The summed E-state index contributed by atoms with van der Waals surface area (Å²) in [5, 5.41) is 0. The predicted octanol–water partition coefficient (Wildman–Crippen LogP) is 6.95. The van der Waals surface area contributed by atoms with Gasteiger partial charge in [-0.3, -0.25) is 0 Å². The van der Waals surface area contributed by atoms with E-state index in [9.17, 15) is 27.0 Å². The lowest BCUT2D eigenvalue weighted by molar-refractivity contribution is -0.158. The fraction of sp³-hybridized carbons (Fsp3) is 0.278. The maximum Gasteiger partial charge on any atom is 0.344 e. The van der Waals surface area contributed by atoms with E-state index >= 15 is 0 Å². The van der Waals surface area contributed by atoms with Gasteiger partial charge in [0.05, 0.1) is 15.8 Å². The maximum absolute atomic E-state index is 12.3. The largest absolute Gasteiger partial charge is 0.744 e. The van der Waals surface area contributed by atoms with E-state index in [1.54, 1.807) is 47.6 Å². The molecule has 9 nitrogen and oxygen atoms in total. The lowest BCUT2D eigenvalue weighted by Crippen LogP contribution is -2.27. The third-order valence-electron chi connectivity index (χ3n) is 5.70. The van der Waals surface area contributed by atoms with E-state index in [0.717, 1.165) is 39.0 Å².